The minimum Gasteiger partial charge on any atom is -0.332 e. The zero-order valence-corrected chi connectivity index (χ0v) is 16.8. The maximum atomic E-state index is 3.91. The lowest BCUT2D eigenvalue weighted by molar-refractivity contribution is 0.512. The molecule has 0 heterocycles. The Bertz CT molecular complexity index is 733. The van der Waals surface area contributed by atoms with E-state index < -0.39 is 8.24 Å². The lowest BCUT2D eigenvalue weighted by Crippen LogP contribution is -2.58. The van der Waals surface area contributed by atoms with E-state index in [4.69, 9.17) is 0 Å². The first-order chi connectivity index (χ1) is 11.8. The van der Waals surface area contributed by atoms with Gasteiger partial charge < -0.3 is 4.98 Å². The number of nitrogens with one attached hydrogen (secondary N) is 1. The molecule has 0 atom stereocenters. The summed E-state index contributed by atoms with van der Waals surface area (Å²) in [6.45, 7) is 11.6. The van der Waals surface area contributed by atoms with E-state index in [2.05, 4.69) is 100 Å². The molecule has 1 N–H and O–H groups in total. The molecule has 4 rings (SSSR count). The largest absolute Gasteiger partial charge is 0.332 e. The highest BCUT2D eigenvalue weighted by atomic mass is 28.3. The van der Waals surface area contributed by atoms with Crippen molar-refractivity contribution in [2.24, 2.45) is 0 Å². The van der Waals surface area contributed by atoms with Crippen LogP contribution in [0.25, 0.3) is 11.1 Å². The highest BCUT2D eigenvalue weighted by Gasteiger charge is 2.49. The first-order valence-electron chi connectivity index (χ1n) is 9.06. The van der Waals surface area contributed by atoms with Crippen molar-refractivity contribution >= 4 is 8.24 Å². The maximum Gasteiger partial charge on any atom is 0.127 e. The van der Waals surface area contributed by atoms with Crippen molar-refractivity contribution in [1.29, 1.82) is 0 Å². The molecule has 2 aromatic carbocycles. The molecule has 2 aliphatic carbocycles. The van der Waals surface area contributed by atoms with Gasteiger partial charge in [0.25, 0.3) is 0 Å². The van der Waals surface area contributed by atoms with Crippen molar-refractivity contribution < 1.29 is 0 Å². The number of fused-ring (bicyclic) bond motifs is 6. The maximum absolute atomic E-state index is 3.91. The minimum atomic E-state index is -1.72. The Morgan fingerprint density at radius 3 is 1.48 bits per heavy atom. The van der Waals surface area contributed by atoms with Crippen molar-refractivity contribution in [3.05, 3.63) is 89.9 Å². The van der Waals surface area contributed by atoms with Crippen LogP contribution in [0.1, 0.15) is 31.9 Å². The summed E-state index contributed by atoms with van der Waals surface area (Å²) in [6, 6.07) is 17.6. The van der Waals surface area contributed by atoms with E-state index in [0.29, 0.717) is 0 Å². The van der Waals surface area contributed by atoms with E-state index in [9.17, 15) is 0 Å². The molecular formula is C23H26NSi. The average molecular weight is 345 g/mol. The van der Waals surface area contributed by atoms with Crippen LogP contribution in [-0.4, -0.2) is 13.8 Å². The molecule has 0 aliphatic heterocycles. The zero-order valence-electron chi connectivity index (χ0n) is 15.8. The van der Waals surface area contributed by atoms with Gasteiger partial charge in [-0.15, -0.1) is 0 Å². The first-order valence-corrected chi connectivity index (χ1v) is 12.1. The third-order valence-electron chi connectivity index (χ3n) is 5.02. The van der Waals surface area contributed by atoms with Crippen molar-refractivity contribution in [3.63, 3.8) is 0 Å². The number of benzene rings is 2. The highest BCUT2D eigenvalue weighted by Crippen LogP contribution is 2.55. The third kappa shape index (κ3) is 3.00. The summed E-state index contributed by atoms with van der Waals surface area (Å²) in [5, 5.41) is 0. The second-order valence-corrected chi connectivity index (χ2v) is 12.7. The molecular weight excluding hydrogens is 318 g/mol. The molecule has 0 saturated heterocycles. The molecule has 0 spiro atoms. The summed E-state index contributed by atoms with van der Waals surface area (Å²) >= 11 is 0. The first kappa shape index (κ1) is 17.1. The summed E-state index contributed by atoms with van der Waals surface area (Å²) in [4.78, 5) is 3.91. The lowest BCUT2D eigenvalue weighted by atomic mass is 9.73. The zero-order chi connectivity index (χ0) is 17.8. The molecule has 0 bridgehead atoms. The predicted octanol–water partition coefficient (Wildman–Crippen LogP) is 5.34. The summed E-state index contributed by atoms with van der Waals surface area (Å²) in [5.41, 5.74) is 7.05. The van der Waals surface area contributed by atoms with Crippen LogP contribution in [0, 0.1) is 30.2 Å². The predicted molar refractivity (Wildman–Crippen MR) is 109 cm³/mol. The van der Waals surface area contributed by atoms with Crippen LogP contribution in [0.2, 0.25) is 13.1 Å². The van der Waals surface area contributed by atoms with Gasteiger partial charge in [-0.3, -0.25) is 0 Å². The van der Waals surface area contributed by atoms with E-state index in [-0.39, 0.29) is 5.54 Å². The summed E-state index contributed by atoms with van der Waals surface area (Å²) in [6.07, 6.45) is 4.88. The molecule has 1 fully saturated rings. The van der Waals surface area contributed by atoms with Gasteiger partial charge in [0.1, 0.15) is 8.24 Å². The van der Waals surface area contributed by atoms with Gasteiger partial charge in [-0.05, 0) is 61.4 Å². The summed E-state index contributed by atoms with van der Waals surface area (Å²) in [5.74, 6) is 2.78. The van der Waals surface area contributed by atoms with Gasteiger partial charge in [0.05, 0.1) is 0 Å². The normalized spacial score (nSPS) is 18.8. The monoisotopic (exact) mass is 344 g/mol. The molecule has 25 heavy (non-hydrogen) atoms. The van der Waals surface area contributed by atoms with Crippen molar-refractivity contribution in [2.45, 2.75) is 39.4 Å². The van der Waals surface area contributed by atoms with Crippen molar-refractivity contribution in [1.82, 2.24) is 4.98 Å². The lowest BCUT2D eigenvalue weighted by Gasteiger charge is -2.37. The quantitative estimate of drug-likeness (QED) is 0.725. The topological polar surface area (TPSA) is 12.0 Å². The molecule has 1 nitrogen and oxygen atoms in total. The van der Waals surface area contributed by atoms with Gasteiger partial charge in [0, 0.05) is 17.4 Å². The third-order valence-corrected chi connectivity index (χ3v) is 8.13. The molecule has 0 amide bonds. The van der Waals surface area contributed by atoms with Gasteiger partial charge in [-0.25, -0.2) is 0 Å². The molecule has 127 valence electrons. The average Bonchev–Trinajstić information content (AvgIpc) is 3.00. The fourth-order valence-corrected chi connectivity index (χ4v) is 7.26. The summed E-state index contributed by atoms with van der Waals surface area (Å²) < 4.78 is 0. The van der Waals surface area contributed by atoms with Crippen LogP contribution in [0.5, 0.6) is 0 Å². The van der Waals surface area contributed by atoms with Crippen molar-refractivity contribution in [2.75, 3.05) is 0 Å². The molecule has 2 aromatic rings. The Labute approximate surface area is 154 Å². The van der Waals surface area contributed by atoms with Crippen LogP contribution in [0.3, 0.4) is 0 Å². The van der Waals surface area contributed by atoms with Gasteiger partial charge in [0.15, 0.2) is 0 Å². The molecule has 0 unspecified atom stereocenters. The number of hydrogen-bond acceptors (Lipinski definition) is 1. The van der Waals surface area contributed by atoms with Crippen LogP contribution in [0.4, 0.5) is 0 Å². The second-order valence-electron chi connectivity index (χ2n) is 8.66. The Kier molecular flexibility index (Phi) is 3.97. The van der Waals surface area contributed by atoms with Gasteiger partial charge in [0.2, 0.25) is 0 Å². The molecule has 2 aliphatic rings. The molecule has 5 radical (unpaired) electrons. The summed E-state index contributed by atoms with van der Waals surface area (Å²) in [7, 11) is -1.72. The molecule has 2 heteroatoms. The standard InChI is InChI=1S/C23H26NSi/c1-23(2,3)24-25(4,5)16-14-21-19-12-8-6-10-17(19)18-11-7-9-13-20(18)22(21)15-16/h6-15,24H,1-5H3. The minimum absolute atomic E-state index is 0.128. The van der Waals surface area contributed by atoms with Gasteiger partial charge >= 0.3 is 0 Å². The van der Waals surface area contributed by atoms with E-state index in [0.717, 1.165) is 0 Å². The smallest absolute Gasteiger partial charge is 0.127 e. The van der Waals surface area contributed by atoms with Crippen molar-refractivity contribution in [3.8, 4) is 11.1 Å². The molecule has 1 saturated carbocycles. The number of hydrogen-bond donors (Lipinski definition) is 1. The molecule has 0 aromatic heterocycles. The fourth-order valence-electron chi connectivity index (χ4n) is 4.23. The van der Waals surface area contributed by atoms with E-state index in [1.807, 2.05) is 0 Å². The highest BCUT2D eigenvalue weighted by molar-refractivity contribution is 6.81. The van der Waals surface area contributed by atoms with Crippen LogP contribution in [0.15, 0.2) is 48.5 Å². The van der Waals surface area contributed by atoms with E-state index >= 15 is 0 Å². The van der Waals surface area contributed by atoms with Crippen LogP contribution in [-0.2, 0) is 0 Å². The van der Waals surface area contributed by atoms with Crippen LogP contribution < -0.4 is 4.98 Å². The van der Waals surface area contributed by atoms with Gasteiger partial charge in [-0.1, -0.05) is 61.6 Å². The van der Waals surface area contributed by atoms with Gasteiger partial charge in [-0.2, -0.15) is 0 Å². The Morgan fingerprint density at radius 1 is 0.680 bits per heavy atom. The Hall–Kier alpha value is -1.38. The Balaban J connectivity index is 1.74. The van der Waals surface area contributed by atoms with E-state index in [1.54, 1.807) is 0 Å². The SMILES string of the molecule is CC(C)(C)N[Si](C)(C)[C]1[CH][C]2[C]([CH]1)c1ccccc1-c1ccccc12. The van der Waals surface area contributed by atoms with E-state index in [1.165, 1.54) is 39.6 Å². The second kappa shape index (κ2) is 5.82. The Morgan fingerprint density at radius 2 is 1.08 bits per heavy atom. The fraction of sp³-hybridized carbons (Fsp3) is 0.261. The van der Waals surface area contributed by atoms with Crippen LogP contribution >= 0.6 is 0 Å². The number of rotatable bonds is 2.